The summed E-state index contributed by atoms with van der Waals surface area (Å²) < 4.78 is 31.7. The first kappa shape index (κ1) is 18.6. The number of carbonyl (C=O) groups is 2. The molecule has 1 aromatic rings. The van der Waals surface area contributed by atoms with Crippen molar-refractivity contribution in [1.82, 2.24) is 9.62 Å². The molecule has 22 heavy (non-hydrogen) atoms. The van der Waals surface area contributed by atoms with Crippen molar-refractivity contribution in [2.24, 2.45) is 5.92 Å². The average molecular weight is 348 g/mol. The van der Waals surface area contributed by atoms with Crippen LogP contribution in [0.5, 0.6) is 0 Å². The largest absolute Gasteiger partial charge is 0.454 e. The smallest absolute Gasteiger partial charge is 0.324 e. The Hall–Kier alpha value is -1.45. The molecule has 0 spiro atoms. The summed E-state index contributed by atoms with van der Waals surface area (Å²) in [5.41, 5.74) is 0. The van der Waals surface area contributed by atoms with Crippen LogP contribution in [0.4, 0.5) is 0 Å². The summed E-state index contributed by atoms with van der Waals surface area (Å²) in [6, 6.07) is 2.00. The maximum atomic E-state index is 12.2. The third kappa shape index (κ3) is 5.08. The van der Waals surface area contributed by atoms with Crippen molar-refractivity contribution in [2.45, 2.75) is 24.1 Å². The molecule has 1 aromatic heterocycles. The maximum Gasteiger partial charge on any atom is 0.324 e. The van der Waals surface area contributed by atoms with E-state index in [9.17, 15) is 18.0 Å². The molecule has 0 bridgehead atoms. The first-order valence-corrected chi connectivity index (χ1v) is 8.94. The molecule has 0 aliphatic rings. The summed E-state index contributed by atoms with van der Waals surface area (Å²) in [7, 11) is -0.714. The summed E-state index contributed by atoms with van der Waals surface area (Å²) in [6.07, 6.45) is 0. The Labute approximate surface area is 134 Å². The van der Waals surface area contributed by atoms with Crippen LogP contribution in [-0.2, 0) is 24.3 Å². The summed E-state index contributed by atoms with van der Waals surface area (Å²) in [5, 5.41) is 1.63. The molecule has 1 atom stereocenters. The lowest BCUT2D eigenvalue weighted by Crippen LogP contribution is -2.45. The SMILES string of the molecule is CC(C)[C@@H](NS(=O)(=O)c1cccs1)C(=O)OCC(=O)N(C)C. The fourth-order valence-corrected chi connectivity index (χ4v) is 3.79. The van der Waals surface area contributed by atoms with Gasteiger partial charge in [-0.05, 0) is 17.4 Å². The van der Waals surface area contributed by atoms with Gasteiger partial charge in [-0.2, -0.15) is 4.72 Å². The van der Waals surface area contributed by atoms with Gasteiger partial charge in [0.05, 0.1) is 0 Å². The number of thiophene rings is 1. The summed E-state index contributed by atoms with van der Waals surface area (Å²) >= 11 is 1.05. The molecule has 1 N–H and O–H groups in total. The van der Waals surface area contributed by atoms with E-state index in [-0.39, 0.29) is 16.0 Å². The Morgan fingerprint density at radius 3 is 2.45 bits per heavy atom. The second kappa shape index (κ2) is 7.70. The van der Waals surface area contributed by atoms with E-state index < -0.39 is 28.6 Å². The van der Waals surface area contributed by atoms with Gasteiger partial charge in [0.1, 0.15) is 10.3 Å². The first-order chi connectivity index (χ1) is 10.1. The van der Waals surface area contributed by atoms with E-state index in [2.05, 4.69) is 4.72 Å². The third-order valence-electron chi connectivity index (χ3n) is 2.80. The second-order valence-electron chi connectivity index (χ2n) is 5.17. The Kier molecular flexibility index (Phi) is 6.51. The number of carbonyl (C=O) groups excluding carboxylic acids is 2. The number of esters is 1. The Balaban J connectivity index is 2.78. The number of hydrogen-bond acceptors (Lipinski definition) is 6. The number of amides is 1. The minimum Gasteiger partial charge on any atom is -0.454 e. The van der Waals surface area contributed by atoms with Crippen LogP contribution in [-0.4, -0.2) is 51.9 Å². The lowest BCUT2D eigenvalue weighted by Gasteiger charge is -2.20. The van der Waals surface area contributed by atoms with Gasteiger partial charge in [-0.25, -0.2) is 8.42 Å². The van der Waals surface area contributed by atoms with E-state index in [1.807, 2.05) is 0 Å². The molecule has 7 nitrogen and oxygen atoms in total. The highest BCUT2D eigenvalue weighted by molar-refractivity contribution is 7.91. The van der Waals surface area contributed by atoms with Gasteiger partial charge in [0, 0.05) is 14.1 Å². The Morgan fingerprint density at radius 2 is 2.00 bits per heavy atom. The van der Waals surface area contributed by atoms with Crippen LogP contribution in [0.3, 0.4) is 0 Å². The molecule has 1 rings (SSSR count). The fraction of sp³-hybridized carbons (Fsp3) is 0.538. The van der Waals surface area contributed by atoms with Crippen LogP contribution < -0.4 is 4.72 Å². The van der Waals surface area contributed by atoms with Crippen molar-refractivity contribution in [1.29, 1.82) is 0 Å². The number of hydrogen-bond donors (Lipinski definition) is 1. The molecule has 0 aromatic carbocycles. The molecule has 0 radical (unpaired) electrons. The molecule has 9 heteroatoms. The molecule has 0 saturated carbocycles. The van der Waals surface area contributed by atoms with Crippen LogP contribution in [0.15, 0.2) is 21.7 Å². The van der Waals surface area contributed by atoms with Crippen LogP contribution in [0.1, 0.15) is 13.8 Å². The zero-order valence-electron chi connectivity index (χ0n) is 12.9. The predicted octanol–water partition coefficient (Wildman–Crippen LogP) is 0.682. The summed E-state index contributed by atoms with van der Waals surface area (Å²) in [4.78, 5) is 24.8. The number of ether oxygens (including phenoxy) is 1. The van der Waals surface area contributed by atoms with Crippen LogP contribution >= 0.6 is 11.3 Å². The third-order valence-corrected chi connectivity index (χ3v) is 5.64. The highest BCUT2D eigenvalue weighted by Gasteiger charge is 2.30. The number of sulfonamides is 1. The van der Waals surface area contributed by atoms with Gasteiger partial charge in [-0.3, -0.25) is 9.59 Å². The van der Waals surface area contributed by atoms with Crippen molar-refractivity contribution in [3.05, 3.63) is 17.5 Å². The molecular weight excluding hydrogens is 328 g/mol. The lowest BCUT2D eigenvalue weighted by atomic mass is 10.1. The van der Waals surface area contributed by atoms with E-state index in [0.717, 1.165) is 11.3 Å². The monoisotopic (exact) mass is 348 g/mol. The predicted molar refractivity (Wildman–Crippen MR) is 82.9 cm³/mol. The zero-order chi connectivity index (χ0) is 16.9. The summed E-state index contributed by atoms with van der Waals surface area (Å²) in [6.45, 7) is 2.96. The minimum atomic E-state index is -3.79. The molecular formula is C13H20N2O5S2. The quantitative estimate of drug-likeness (QED) is 0.732. The van der Waals surface area contributed by atoms with Crippen molar-refractivity contribution in [3.8, 4) is 0 Å². The lowest BCUT2D eigenvalue weighted by molar-refractivity contribution is -0.153. The molecule has 0 aliphatic carbocycles. The normalized spacial score (nSPS) is 13.0. The molecule has 124 valence electrons. The van der Waals surface area contributed by atoms with Gasteiger partial charge >= 0.3 is 5.97 Å². The summed E-state index contributed by atoms with van der Waals surface area (Å²) in [5.74, 6) is -1.47. The van der Waals surface area contributed by atoms with Gasteiger partial charge in [-0.15, -0.1) is 11.3 Å². The van der Waals surface area contributed by atoms with Gasteiger partial charge in [-0.1, -0.05) is 19.9 Å². The zero-order valence-corrected chi connectivity index (χ0v) is 14.5. The second-order valence-corrected chi connectivity index (χ2v) is 8.06. The number of nitrogens with one attached hydrogen (secondary N) is 1. The topological polar surface area (TPSA) is 92.8 Å². The van der Waals surface area contributed by atoms with E-state index >= 15 is 0 Å². The van der Waals surface area contributed by atoms with Crippen molar-refractivity contribution in [3.63, 3.8) is 0 Å². The van der Waals surface area contributed by atoms with E-state index in [1.54, 1.807) is 25.3 Å². The van der Waals surface area contributed by atoms with E-state index in [4.69, 9.17) is 4.74 Å². The van der Waals surface area contributed by atoms with Crippen LogP contribution in [0.25, 0.3) is 0 Å². The molecule has 1 amide bonds. The molecule has 0 aliphatic heterocycles. The van der Waals surface area contributed by atoms with Crippen LogP contribution in [0, 0.1) is 5.92 Å². The number of rotatable bonds is 7. The molecule has 1 heterocycles. The highest BCUT2D eigenvalue weighted by atomic mass is 32.2. The maximum absolute atomic E-state index is 12.2. The van der Waals surface area contributed by atoms with Crippen molar-refractivity contribution in [2.75, 3.05) is 20.7 Å². The number of likely N-dealkylation sites (N-methyl/N-ethyl adjacent to an activating group) is 1. The van der Waals surface area contributed by atoms with Crippen molar-refractivity contribution >= 4 is 33.2 Å². The fourth-order valence-electron chi connectivity index (χ4n) is 1.45. The van der Waals surface area contributed by atoms with Gasteiger partial charge < -0.3 is 9.64 Å². The Bertz CT molecular complexity index is 608. The molecule has 0 saturated heterocycles. The van der Waals surface area contributed by atoms with E-state index in [0.29, 0.717) is 0 Å². The molecule has 0 fully saturated rings. The highest BCUT2D eigenvalue weighted by Crippen LogP contribution is 2.17. The Morgan fingerprint density at radius 1 is 1.36 bits per heavy atom. The standard InChI is InChI=1S/C13H20N2O5S2/c1-9(2)12(13(17)20-8-10(16)15(3)4)14-22(18,19)11-6-5-7-21-11/h5-7,9,12,14H,8H2,1-4H3/t12-/m1/s1. The van der Waals surface area contributed by atoms with Gasteiger partial charge in [0.25, 0.3) is 15.9 Å². The number of nitrogens with zero attached hydrogens (tertiary/aromatic N) is 1. The van der Waals surface area contributed by atoms with Gasteiger partial charge in [0.2, 0.25) is 0 Å². The van der Waals surface area contributed by atoms with Gasteiger partial charge in [0.15, 0.2) is 6.61 Å². The van der Waals surface area contributed by atoms with Crippen LogP contribution in [0.2, 0.25) is 0 Å². The molecule has 0 unspecified atom stereocenters. The minimum absolute atomic E-state index is 0.121. The average Bonchev–Trinajstić information content (AvgIpc) is 2.96. The van der Waals surface area contributed by atoms with Crippen molar-refractivity contribution < 1.29 is 22.7 Å². The van der Waals surface area contributed by atoms with E-state index in [1.165, 1.54) is 25.1 Å². The first-order valence-electron chi connectivity index (χ1n) is 6.57.